The lowest BCUT2D eigenvalue weighted by Gasteiger charge is -2.37. The summed E-state index contributed by atoms with van der Waals surface area (Å²) in [4.78, 5) is 0. The van der Waals surface area contributed by atoms with Crippen molar-refractivity contribution >= 4 is 0 Å². The zero-order chi connectivity index (χ0) is 20.1. The smallest absolute Gasteiger partial charge is 0.406 e. The summed E-state index contributed by atoms with van der Waals surface area (Å²) in [7, 11) is 0. The van der Waals surface area contributed by atoms with Crippen molar-refractivity contribution in [3.8, 4) is 11.8 Å². The molecule has 2 fully saturated rings. The Morgan fingerprint density at radius 2 is 1.46 bits per heavy atom. The van der Waals surface area contributed by atoms with Crippen molar-refractivity contribution in [1.29, 1.82) is 5.26 Å². The third-order valence-electron chi connectivity index (χ3n) is 6.33. The Morgan fingerprint density at radius 3 is 1.96 bits per heavy atom. The minimum Gasteiger partial charge on any atom is -0.406 e. The van der Waals surface area contributed by atoms with Crippen LogP contribution >= 0.6 is 0 Å². The normalized spacial score (nSPS) is 29.2. The van der Waals surface area contributed by atoms with E-state index in [0.717, 1.165) is 56.9 Å². The molecule has 2 nitrogen and oxygen atoms in total. The van der Waals surface area contributed by atoms with Gasteiger partial charge >= 0.3 is 6.36 Å². The monoisotopic (exact) mass is 395 g/mol. The van der Waals surface area contributed by atoms with Crippen molar-refractivity contribution in [2.45, 2.75) is 63.6 Å². The molecular formula is C22H25F4NO. The molecule has 2 aliphatic carbocycles. The summed E-state index contributed by atoms with van der Waals surface area (Å²) >= 11 is 0. The average molecular weight is 395 g/mol. The molecule has 3 rings (SSSR count). The number of allylic oxidation sites excluding steroid dienone is 2. The Kier molecular flexibility index (Phi) is 6.64. The molecule has 0 aromatic heterocycles. The van der Waals surface area contributed by atoms with Gasteiger partial charge in [-0.05, 0) is 98.8 Å². The minimum absolute atomic E-state index is 0.177. The molecule has 1 aromatic rings. The lowest BCUT2D eigenvalue weighted by Crippen LogP contribution is -2.25. The van der Waals surface area contributed by atoms with Gasteiger partial charge in [0, 0.05) is 0 Å². The molecule has 1 aromatic carbocycles. The second-order valence-electron chi connectivity index (χ2n) is 8.03. The minimum atomic E-state index is -4.66. The first-order valence-electron chi connectivity index (χ1n) is 9.97. The van der Waals surface area contributed by atoms with Gasteiger partial charge in [0.25, 0.3) is 0 Å². The number of halogens is 4. The molecule has 0 aliphatic heterocycles. The van der Waals surface area contributed by atoms with Crippen LogP contribution in [-0.2, 0) is 0 Å². The Morgan fingerprint density at radius 1 is 0.929 bits per heavy atom. The highest BCUT2D eigenvalue weighted by atomic mass is 19.4. The standard InChI is InChI=1S/C22H25F4NO/c23-20(14-27)13-15-1-3-16(4-2-15)17-5-7-18(8-6-17)19-9-11-21(12-10-19)28-22(24,25)26/h9-13,15-18H,1-8H2. The van der Waals surface area contributed by atoms with Gasteiger partial charge < -0.3 is 4.74 Å². The molecule has 0 unspecified atom stereocenters. The predicted molar refractivity (Wildman–Crippen MR) is 98.1 cm³/mol. The number of benzene rings is 1. The first kappa shape index (κ1) is 20.7. The number of alkyl halides is 3. The first-order valence-corrected chi connectivity index (χ1v) is 9.97. The Labute approximate surface area is 163 Å². The third-order valence-corrected chi connectivity index (χ3v) is 6.33. The highest BCUT2D eigenvalue weighted by molar-refractivity contribution is 5.30. The lowest BCUT2D eigenvalue weighted by molar-refractivity contribution is -0.274. The van der Waals surface area contributed by atoms with Gasteiger partial charge in [0.1, 0.15) is 11.8 Å². The van der Waals surface area contributed by atoms with Crippen molar-refractivity contribution in [3.63, 3.8) is 0 Å². The van der Waals surface area contributed by atoms with E-state index in [9.17, 15) is 17.6 Å². The zero-order valence-corrected chi connectivity index (χ0v) is 15.7. The molecule has 0 amide bonds. The second kappa shape index (κ2) is 8.98. The maximum Gasteiger partial charge on any atom is 0.573 e. The van der Waals surface area contributed by atoms with E-state index in [4.69, 9.17) is 5.26 Å². The summed E-state index contributed by atoms with van der Waals surface area (Å²) in [5, 5.41) is 8.55. The van der Waals surface area contributed by atoms with Gasteiger partial charge in [0.2, 0.25) is 0 Å². The predicted octanol–water partition coefficient (Wildman–Crippen LogP) is 7.04. The number of nitriles is 1. The molecule has 0 spiro atoms. The van der Waals surface area contributed by atoms with Gasteiger partial charge in [-0.15, -0.1) is 13.2 Å². The van der Waals surface area contributed by atoms with Crippen LogP contribution in [0.25, 0.3) is 0 Å². The highest BCUT2D eigenvalue weighted by Crippen LogP contribution is 2.44. The van der Waals surface area contributed by atoms with Crippen molar-refractivity contribution in [2.24, 2.45) is 17.8 Å². The second-order valence-corrected chi connectivity index (χ2v) is 8.03. The SMILES string of the molecule is N#CC(F)=CC1CCC(C2CCC(c3ccc(OC(F)(F)F)cc3)CC2)CC1. The van der Waals surface area contributed by atoms with Crippen LogP contribution < -0.4 is 4.74 Å². The maximum absolute atomic E-state index is 13.1. The fourth-order valence-electron chi connectivity index (χ4n) is 4.89. The van der Waals surface area contributed by atoms with E-state index < -0.39 is 12.2 Å². The fraction of sp³-hybridized carbons (Fsp3) is 0.591. The van der Waals surface area contributed by atoms with Gasteiger partial charge in [-0.3, -0.25) is 0 Å². The molecule has 6 heteroatoms. The number of ether oxygens (including phenoxy) is 1. The average Bonchev–Trinajstić information content (AvgIpc) is 2.68. The van der Waals surface area contributed by atoms with Crippen LogP contribution in [0.5, 0.6) is 5.75 Å². The van der Waals surface area contributed by atoms with E-state index in [-0.39, 0.29) is 11.7 Å². The number of rotatable bonds is 4. The van der Waals surface area contributed by atoms with Crippen LogP contribution in [0.15, 0.2) is 36.2 Å². The quantitative estimate of drug-likeness (QED) is 0.404. The lowest BCUT2D eigenvalue weighted by atomic mass is 9.68. The molecule has 0 atom stereocenters. The molecule has 152 valence electrons. The summed E-state index contributed by atoms with van der Waals surface area (Å²) in [6.07, 6.45) is 5.22. The molecule has 2 aliphatic rings. The summed E-state index contributed by atoms with van der Waals surface area (Å²) in [6, 6.07) is 7.83. The molecule has 28 heavy (non-hydrogen) atoms. The summed E-state index contributed by atoms with van der Waals surface area (Å²) < 4.78 is 53.8. The van der Waals surface area contributed by atoms with Crippen LogP contribution in [0.3, 0.4) is 0 Å². The van der Waals surface area contributed by atoms with E-state index in [1.807, 2.05) is 0 Å². The molecule has 2 saturated carbocycles. The molecule has 0 N–H and O–H groups in total. The highest BCUT2D eigenvalue weighted by Gasteiger charge is 2.32. The van der Waals surface area contributed by atoms with E-state index in [1.54, 1.807) is 18.2 Å². The van der Waals surface area contributed by atoms with Gasteiger partial charge in [-0.2, -0.15) is 9.65 Å². The topological polar surface area (TPSA) is 33.0 Å². The van der Waals surface area contributed by atoms with Gasteiger partial charge in [0.05, 0.1) is 0 Å². The summed E-state index contributed by atoms with van der Waals surface area (Å²) in [5.41, 5.74) is 1.08. The molecule has 0 radical (unpaired) electrons. The van der Waals surface area contributed by atoms with Crippen LogP contribution in [0.2, 0.25) is 0 Å². The molecule has 0 bridgehead atoms. The molecular weight excluding hydrogens is 370 g/mol. The molecule has 0 saturated heterocycles. The Hall–Kier alpha value is -2.03. The van der Waals surface area contributed by atoms with Gasteiger partial charge in [-0.1, -0.05) is 12.1 Å². The number of hydrogen-bond donors (Lipinski definition) is 0. The van der Waals surface area contributed by atoms with Crippen molar-refractivity contribution < 1.29 is 22.3 Å². The van der Waals surface area contributed by atoms with Crippen LogP contribution in [-0.4, -0.2) is 6.36 Å². The van der Waals surface area contributed by atoms with E-state index >= 15 is 0 Å². The molecule has 0 heterocycles. The summed E-state index contributed by atoms with van der Waals surface area (Å²) in [5.74, 6) is 1.07. The summed E-state index contributed by atoms with van der Waals surface area (Å²) in [6.45, 7) is 0. The van der Waals surface area contributed by atoms with Gasteiger partial charge in [0.15, 0.2) is 5.83 Å². The van der Waals surface area contributed by atoms with E-state index in [1.165, 1.54) is 18.2 Å². The van der Waals surface area contributed by atoms with Crippen molar-refractivity contribution in [1.82, 2.24) is 0 Å². The number of hydrogen-bond acceptors (Lipinski definition) is 2. The van der Waals surface area contributed by atoms with Crippen molar-refractivity contribution in [2.75, 3.05) is 0 Å². The maximum atomic E-state index is 13.1. The van der Waals surface area contributed by atoms with E-state index in [0.29, 0.717) is 17.8 Å². The third kappa shape index (κ3) is 5.73. The largest absolute Gasteiger partial charge is 0.573 e. The van der Waals surface area contributed by atoms with Crippen LogP contribution in [0.1, 0.15) is 62.8 Å². The number of nitrogens with zero attached hydrogens (tertiary/aromatic N) is 1. The van der Waals surface area contributed by atoms with Crippen molar-refractivity contribution in [3.05, 3.63) is 41.7 Å². The Balaban J connectivity index is 1.47. The Bertz CT molecular complexity index is 704. The van der Waals surface area contributed by atoms with E-state index in [2.05, 4.69) is 4.74 Å². The zero-order valence-electron chi connectivity index (χ0n) is 15.7. The van der Waals surface area contributed by atoms with Crippen LogP contribution in [0.4, 0.5) is 17.6 Å². The van der Waals surface area contributed by atoms with Gasteiger partial charge in [-0.25, -0.2) is 0 Å². The van der Waals surface area contributed by atoms with Crippen LogP contribution in [0, 0.1) is 29.1 Å². The first-order chi connectivity index (χ1) is 13.3. The fourth-order valence-corrected chi connectivity index (χ4v) is 4.89.